The number of hydrogen-bond acceptors (Lipinski definition) is 4. The second-order valence-corrected chi connectivity index (χ2v) is 7.33. The molecule has 0 saturated carbocycles. The quantitative estimate of drug-likeness (QED) is 0.758. The third kappa shape index (κ3) is 3.74. The Morgan fingerprint density at radius 3 is 2.78 bits per heavy atom. The lowest BCUT2D eigenvalue weighted by atomic mass is 9.99. The van der Waals surface area contributed by atoms with Gasteiger partial charge in [-0.15, -0.1) is 0 Å². The minimum Gasteiger partial charge on any atom is -0.469 e. The van der Waals surface area contributed by atoms with Crippen LogP contribution in [0.25, 0.3) is 10.8 Å². The van der Waals surface area contributed by atoms with Gasteiger partial charge >= 0.3 is 0 Å². The Bertz CT molecular complexity index is 941. The summed E-state index contributed by atoms with van der Waals surface area (Å²) in [5, 5.41) is 6.11. The minimum absolute atomic E-state index is 0.0795. The molecular formula is C22H25N3O2. The summed E-state index contributed by atoms with van der Waals surface area (Å²) >= 11 is 0. The van der Waals surface area contributed by atoms with Gasteiger partial charge in [0.05, 0.1) is 11.8 Å². The van der Waals surface area contributed by atoms with Crippen LogP contribution in [0.4, 0.5) is 0 Å². The third-order valence-electron chi connectivity index (χ3n) is 5.52. The van der Waals surface area contributed by atoms with E-state index in [-0.39, 0.29) is 11.9 Å². The number of aryl methyl sites for hydroxylation is 1. The number of aromatic nitrogens is 1. The lowest BCUT2D eigenvalue weighted by Gasteiger charge is -2.34. The third-order valence-corrected chi connectivity index (χ3v) is 5.52. The SMILES string of the molecule is Cc1occc1C(=O)N1CCC(NC(C)c2ccc3cnccc3c2)CC1. The first-order valence-electron chi connectivity index (χ1n) is 9.55. The molecule has 1 aromatic carbocycles. The Morgan fingerprint density at radius 2 is 2.04 bits per heavy atom. The van der Waals surface area contributed by atoms with Gasteiger partial charge in [-0.05, 0) is 55.8 Å². The second-order valence-electron chi connectivity index (χ2n) is 7.33. The number of furan rings is 1. The van der Waals surface area contributed by atoms with Crippen molar-refractivity contribution >= 4 is 16.7 Å². The van der Waals surface area contributed by atoms with Crippen LogP contribution in [0.5, 0.6) is 0 Å². The average Bonchev–Trinajstić information content (AvgIpc) is 3.13. The van der Waals surface area contributed by atoms with E-state index in [2.05, 4.69) is 35.4 Å². The van der Waals surface area contributed by atoms with E-state index in [4.69, 9.17) is 4.42 Å². The molecule has 3 heterocycles. The molecule has 140 valence electrons. The lowest BCUT2D eigenvalue weighted by Crippen LogP contribution is -2.45. The van der Waals surface area contributed by atoms with Gasteiger partial charge in [-0.3, -0.25) is 9.78 Å². The fraction of sp³-hybridized carbons (Fsp3) is 0.364. The number of hydrogen-bond donors (Lipinski definition) is 1. The molecule has 1 aliphatic heterocycles. The zero-order valence-electron chi connectivity index (χ0n) is 15.8. The Kier molecular flexibility index (Phi) is 4.94. The van der Waals surface area contributed by atoms with E-state index in [9.17, 15) is 4.79 Å². The van der Waals surface area contributed by atoms with Gasteiger partial charge in [-0.1, -0.05) is 12.1 Å². The Labute approximate surface area is 159 Å². The molecule has 2 aromatic heterocycles. The van der Waals surface area contributed by atoms with Gasteiger partial charge in [-0.25, -0.2) is 0 Å². The molecule has 4 rings (SSSR count). The van der Waals surface area contributed by atoms with Gasteiger partial charge < -0.3 is 14.6 Å². The molecule has 0 radical (unpaired) electrons. The topological polar surface area (TPSA) is 58.4 Å². The highest BCUT2D eigenvalue weighted by Crippen LogP contribution is 2.22. The summed E-state index contributed by atoms with van der Waals surface area (Å²) in [5.41, 5.74) is 1.96. The maximum absolute atomic E-state index is 12.6. The summed E-state index contributed by atoms with van der Waals surface area (Å²) < 4.78 is 5.27. The summed E-state index contributed by atoms with van der Waals surface area (Å²) in [6, 6.07) is 11.0. The highest BCUT2D eigenvalue weighted by atomic mass is 16.3. The van der Waals surface area contributed by atoms with E-state index in [1.807, 2.05) is 30.3 Å². The van der Waals surface area contributed by atoms with Crippen LogP contribution >= 0.6 is 0 Å². The molecule has 27 heavy (non-hydrogen) atoms. The van der Waals surface area contributed by atoms with Crippen molar-refractivity contribution in [1.82, 2.24) is 15.2 Å². The van der Waals surface area contributed by atoms with Gasteiger partial charge in [0.1, 0.15) is 5.76 Å². The first-order valence-corrected chi connectivity index (χ1v) is 9.55. The van der Waals surface area contributed by atoms with Crippen LogP contribution in [0.2, 0.25) is 0 Å². The van der Waals surface area contributed by atoms with E-state index >= 15 is 0 Å². The number of fused-ring (bicyclic) bond motifs is 1. The van der Waals surface area contributed by atoms with Crippen molar-refractivity contribution < 1.29 is 9.21 Å². The molecule has 0 aliphatic carbocycles. The van der Waals surface area contributed by atoms with Crippen LogP contribution in [0.1, 0.15) is 47.5 Å². The molecule has 0 bridgehead atoms. The van der Waals surface area contributed by atoms with Crippen molar-refractivity contribution in [1.29, 1.82) is 0 Å². The van der Waals surface area contributed by atoms with Crippen LogP contribution in [-0.4, -0.2) is 34.9 Å². The van der Waals surface area contributed by atoms with E-state index in [0.717, 1.165) is 31.3 Å². The lowest BCUT2D eigenvalue weighted by molar-refractivity contribution is 0.0700. The molecule has 1 saturated heterocycles. The molecule has 0 spiro atoms. The summed E-state index contributed by atoms with van der Waals surface area (Å²) in [6.07, 6.45) is 7.23. The molecule has 1 amide bonds. The van der Waals surface area contributed by atoms with Crippen LogP contribution in [0.3, 0.4) is 0 Å². The second kappa shape index (κ2) is 7.53. The number of amides is 1. The van der Waals surface area contributed by atoms with Crippen LogP contribution in [-0.2, 0) is 0 Å². The maximum atomic E-state index is 12.6. The molecule has 1 aliphatic rings. The zero-order valence-corrected chi connectivity index (χ0v) is 15.8. The first kappa shape index (κ1) is 17.7. The largest absolute Gasteiger partial charge is 0.469 e. The predicted molar refractivity (Wildman–Crippen MR) is 106 cm³/mol. The Balaban J connectivity index is 1.35. The van der Waals surface area contributed by atoms with Crippen molar-refractivity contribution in [3.63, 3.8) is 0 Å². The number of nitrogens with zero attached hydrogens (tertiary/aromatic N) is 2. The number of rotatable bonds is 4. The number of carbonyl (C=O) groups is 1. The highest BCUT2D eigenvalue weighted by molar-refractivity contribution is 5.95. The van der Waals surface area contributed by atoms with Crippen molar-refractivity contribution in [2.75, 3.05) is 13.1 Å². The van der Waals surface area contributed by atoms with Gasteiger partial charge in [-0.2, -0.15) is 0 Å². The molecule has 1 N–H and O–H groups in total. The average molecular weight is 363 g/mol. The van der Waals surface area contributed by atoms with E-state index in [1.165, 1.54) is 10.9 Å². The van der Waals surface area contributed by atoms with Crippen LogP contribution in [0.15, 0.2) is 53.4 Å². The monoisotopic (exact) mass is 363 g/mol. The van der Waals surface area contributed by atoms with Gasteiger partial charge in [0, 0.05) is 43.0 Å². The number of benzene rings is 1. The summed E-state index contributed by atoms with van der Waals surface area (Å²) in [5.74, 6) is 0.774. The molecular weight excluding hydrogens is 338 g/mol. The zero-order chi connectivity index (χ0) is 18.8. The van der Waals surface area contributed by atoms with E-state index in [1.54, 1.807) is 12.3 Å². The predicted octanol–water partition coefficient (Wildman–Crippen LogP) is 4.09. The molecule has 1 fully saturated rings. The number of pyridine rings is 1. The van der Waals surface area contributed by atoms with Crippen molar-refractivity contribution in [3.8, 4) is 0 Å². The smallest absolute Gasteiger partial charge is 0.257 e. The standard InChI is InChI=1S/C22H25N3O2/c1-15(17-3-4-19-14-23-9-5-18(19)13-17)24-20-6-10-25(11-7-20)22(26)21-8-12-27-16(21)2/h3-5,8-9,12-15,20,24H,6-7,10-11H2,1-2H3. The first-order chi connectivity index (χ1) is 13.1. The number of nitrogens with one attached hydrogen (secondary N) is 1. The van der Waals surface area contributed by atoms with E-state index < -0.39 is 0 Å². The van der Waals surface area contributed by atoms with Gasteiger partial charge in [0.2, 0.25) is 0 Å². The molecule has 5 nitrogen and oxygen atoms in total. The van der Waals surface area contributed by atoms with Crippen molar-refractivity contribution in [3.05, 3.63) is 65.9 Å². The van der Waals surface area contributed by atoms with Crippen LogP contribution in [0, 0.1) is 6.92 Å². The minimum atomic E-state index is 0.0795. The fourth-order valence-electron chi connectivity index (χ4n) is 3.85. The Hall–Kier alpha value is -2.66. The number of piperidine rings is 1. The van der Waals surface area contributed by atoms with Crippen LogP contribution < -0.4 is 5.32 Å². The molecule has 1 unspecified atom stereocenters. The number of carbonyl (C=O) groups excluding carboxylic acids is 1. The molecule has 1 atom stereocenters. The summed E-state index contributed by atoms with van der Waals surface area (Å²) in [4.78, 5) is 18.7. The molecule has 5 heteroatoms. The number of likely N-dealkylation sites (tertiary alicyclic amines) is 1. The Morgan fingerprint density at radius 1 is 1.22 bits per heavy atom. The fourth-order valence-corrected chi connectivity index (χ4v) is 3.85. The maximum Gasteiger partial charge on any atom is 0.257 e. The highest BCUT2D eigenvalue weighted by Gasteiger charge is 2.26. The van der Waals surface area contributed by atoms with Gasteiger partial charge in [0.25, 0.3) is 5.91 Å². The molecule has 3 aromatic rings. The van der Waals surface area contributed by atoms with Gasteiger partial charge in [0.15, 0.2) is 0 Å². The van der Waals surface area contributed by atoms with E-state index in [0.29, 0.717) is 17.4 Å². The summed E-state index contributed by atoms with van der Waals surface area (Å²) in [6.45, 7) is 5.59. The normalized spacial score (nSPS) is 16.6. The van der Waals surface area contributed by atoms with Crippen molar-refractivity contribution in [2.24, 2.45) is 0 Å². The van der Waals surface area contributed by atoms with Crippen molar-refractivity contribution in [2.45, 2.75) is 38.8 Å². The summed E-state index contributed by atoms with van der Waals surface area (Å²) in [7, 11) is 0.